The Labute approximate surface area is 285 Å². The van der Waals surface area contributed by atoms with Crippen molar-refractivity contribution in [3.63, 3.8) is 0 Å². The van der Waals surface area contributed by atoms with Gasteiger partial charge in [-0.15, -0.1) is 0 Å². The fourth-order valence-electron chi connectivity index (χ4n) is 7.33. The van der Waals surface area contributed by atoms with Gasteiger partial charge in [-0.05, 0) is 13.0 Å². The highest BCUT2D eigenvalue weighted by atomic mass is 16.7. The van der Waals surface area contributed by atoms with Gasteiger partial charge in [-0.3, -0.25) is 0 Å². The van der Waals surface area contributed by atoms with E-state index in [0.717, 1.165) is 0 Å². The van der Waals surface area contributed by atoms with E-state index in [1.807, 2.05) is 0 Å². The largest absolute Gasteiger partial charge is 0.479 e. The molecule has 11 N–H and O–H groups in total. The van der Waals surface area contributed by atoms with Gasteiger partial charge >= 0.3 is 18.9 Å². The topological polar surface area (TPSA) is 321 Å². The van der Waals surface area contributed by atoms with Crippen LogP contribution in [0.1, 0.15) is 33.1 Å². The summed E-state index contributed by atoms with van der Waals surface area (Å²) >= 11 is 0. The summed E-state index contributed by atoms with van der Waals surface area (Å²) < 4.78 is 39.2. The molecule has 5 rings (SSSR count). The summed E-state index contributed by atoms with van der Waals surface area (Å²) in [5, 5.41) is 113. The molecular weight excluding hydrogens is 679 g/mol. The van der Waals surface area contributed by atoms with Crippen LogP contribution in [0.2, 0.25) is 5.82 Å². The molecule has 0 amide bonds. The molecule has 284 valence electrons. The van der Waals surface area contributed by atoms with Crippen LogP contribution < -0.4 is 0 Å². The van der Waals surface area contributed by atoms with Crippen LogP contribution >= 0.6 is 0 Å². The smallest absolute Gasteiger partial charge is 0.364 e. The summed E-state index contributed by atoms with van der Waals surface area (Å²) in [4.78, 5) is 24.3. The maximum atomic E-state index is 12.8. The molecule has 0 bridgehead atoms. The summed E-state index contributed by atoms with van der Waals surface area (Å²) in [5.74, 6) is -8.16. The molecule has 0 saturated carbocycles. The number of rotatable bonds is 16. The van der Waals surface area contributed by atoms with Gasteiger partial charge in [0.2, 0.25) is 0 Å². The van der Waals surface area contributed by atoms with Gasteiger partial charge in [-0.2, -0.15) is 0 Å². The van der Waals surface area contributed by atoms with E-state index in [4.69, 9.17) is 33.2 Å². The van der Waals surface area contributed by atoms with Gasteiger partial charge in [0, 0.05) is 18.7 Å². The van der Waals surface area contributed by atoms with Crippen molar-refractivity contribution < 1.29 is 98.8 Å². The molecule has 20 nitrogen and oxygen atoms in total. The van der Waals surface area contributed by atoms with Crippen LogP contribution in [0.25, 0.3) is 0 Å². The maximum Gasteiger partial charge on any atom is 0.364 e. The summed E-state index contributed by atoms with van der Waals surface area (Å²) in [5.41, 5.74) is -2.38. The number of hydrogen-bond donors (Lipinski definition) is 11. The van der Waals surface area contributed by atoms with Crippen molar-refractivity contribution >= 4 is 18.9 Å². The van der Waals surface area contributed by atoms with E-state index in [9.17, 15) is 65.7 Å². The SMILES string of the molecule is C=C(OC1C([C@H](O)CC)OC1[C@H](O)CO)O[C@@H](CO)C1OC2C1O[C@](C(=O)O)(C(C)B(O)[C@H](O)C1OC3C1O[C@@](O)(C(=O)O)C[C@H]3O)C[C@H]2O. The number of carbonyl (C=O) groups is 2. The molecule has 0 aliphatic carbocycles. The summed E-state index contributed by atoms with van der Waals surface area (Å²) in [7, 11) is 0. The van der Waals surface area contributed by atoms with E-state index < -0.39 is 160 Å². The molecule has 0 aromatic rings. The van der Waals surface area contributed by atoms with E-state index in [1.54, 1.807) is 6.92 Å². The number of carboxylic acids is 2. The molecule has 5 fully saturated rings. The van der Waals surface area contributed by atoms with Crippen LogP contribution in [0.15, 0.2) is 12.5 Å². The lowest BCUT2D eigenvalue weighted by molar-refractivity contribution is -0.376. The van der Waals surface area contributed by atoms with Crippen LogP contribution in [0.3, 0.4) is 0 Å². The number of ether oxygens (including phenoxy) is 7. The van der Waals surface area contributed by atoms with Crippen molar-refractivity contribution in [2.45, 2.75) is 142 Å². The molecule has 5 heterocycles. The van der Waals surface area contributed by atoms with E-state index in [0.29, 0.717) is 0 Å². The van der Waals surface area contributed by atoms with Crippen LogP contribution in [-0.2, 0) is 42.7 Å². The maximum absolute atomic E-state index is 12.8. The first-order valence-corrected chi connectivity index (χ1v) is 16.3. The minimum Gasteiger partial charge on any atom is -0.479 e. The Morgan fingerprint density at radius 2 is 1.44 bits per heavy atom. The van der Waals surface area contributed by atoms with Crippen LogP contribution in [0.4, 0.5) is 0 Å². The molecule has 0 radical (unpaired) electrons. The monoisotopic (exact) mass is 724 g/mol. The van der Waals surface area contributed by atoms with Crippen molar-refractivity contribution in [3.05, 3.63) is 12.5 Å². The molecular formula is C29H45BO20. The number of aliphatic hydroxyl groups is 8. The minimum atomic E-state index is -2.81. The molecule has 50 heavy (non-hydrogen) atoms. The molecule has 18 atom stereocenters. The first-order chi connectivity index (χ1) is 23.4. The van der Waals surface area contributed by atoms with Crippen molar-refractivity contribution in [1.82, 2.24) is 0 Å². The number of fused-ring (bicyclic) bond motifs is 2. The van der Waals surface area contributed by atoms with Crippen molar-refractivity contribution in [1.29, 1.82) is 0 Å². The Hall–Kier alpha value is -2.22. The Balaban J connectivity index is 1.27. The summed E-state index contributed by atoms with van der Waals surface area (Å²) in [6, 6.07) is -1.95. The number of aliphatic carboxylic acids is 2. The number of aliphatic hydroxyl groups excluding tert-OH is 7. The molecule has 0 aromatic carbocycles. The highest BCUT2D eigenvalue weighted by Crippen LogP contribution is 2.48. The average molecular weight is 724 g/mol. The van der Waals surface area contributed by atoms with Gasteiger partial charge in [0.25, 0.3) is 11.7 Å². The molecule has 5 aliphatic heterocycles. The molecule has 21 heteroatoms. The van der Waals surface area contributed by atoms with Gasteiger partial charge in [0.05, 0.1) is 37.5 Å². The first kappa shape index (κ1) is 39.0. The quantitative estimate of drug-likeness (QED) is 0.0523. The lowest BCUT2D eigenvalue weighted by atomic mass is 9.45. The second-order valence-electron chi connectivity index (χ2n) is 13.5. The van der Waals surface area contributed by atoms with Crippen molar-refractivity contribution in [2.24, 2.45) is 0 Å². The third kappa shape index (κ3) is 6.62. The number of hydrogen-bond acceptors (Lipinski definition) is 18. The van der Waals surface area contributed by atoms with Crippen LogP contribution in [0, 0.1) is 0 Å². The van der Waals surface area contributed by atoms with Gasteiger partial charge in [0.1, 0.15) is 54.9 Å². The highest BCUT2D eigenvalue weighted by Gasteiger charge is 2.67. The van der Waals surface area contributed by atoms with Gasteiger partial charge < -0.3 is 89.2 Å². The Bertz CT molecular complexity index is 1240. The van der Waals surface area contributed by atoms with Gasteiger partial charge in [0.15, 0.2) is 17.8 Å². The number of carboxylic acid groups (broad SMARTS) is 2. The summed E-state index contributed by atoms with van der Waals surface area (Å²) in [6.45, 7) is 3.16. The van der Waals surface area contributed by atoms with E-state index in [2.05, 4.69) is 6.58 Å². The normalized spacial score (nSPS) is 43.5. The predicted octanol–water partition coefficient (Wildman–Crippen LogP) is -5.18. The van der Waals surface area contributed by atoms with Crippen molar-refractivity contribution in [3.8, 4) is 0 Å². The zero-order chi connectivity index (χ0) is 37.0. The zero-order valence-corrected chi connectivity index (χ0v) is 27.2. The molecule has 0 spiro atoms. The molecule has 5 aliphatic rings. The van der Waals surface area contributed by atoms with Crippen LogP contribution in [0.5, 0.6) is 0 Å². The second-order valence-corrected chi connectivity index (χ2v) is 13.5. The van der Waals surface area contributed by atoms with E-state index >= 15 is 0 Å². The molecule has 0 aromatic heterocycles. The van der Waals surface area contributed by atoms with Gasteiger partial charge in [-0.1, -0.05) is 13.8 Å². The third-order valence-electron chi connectivity index (χ3n) is 10.4. The molecule has 10 unspecified atom stereocenters. The predicted molar refractivity (Wildman–Crippen MR) is 159 cm³/mol. The first-order valence-electron chi connectivity index (χ1n) is 16.3. The van der Waals surface area contributed by atoms with Crippen molar-refractivity contribution in [2.75, 3.05) is 13.2 Å². The minimum absolute atomic E-state index is 0.271. The van der Waals surface area contributed by atoms with Crippen LogP contribution in [-0.4, -0.2) is 191 Å². The fourth-order valence-corrected chi connectivity index (χ4v) is 7.33. The Morgan fingerprint density at radius 1 is 0.860 bits per heavy atom. The van der Waals surface area contributed by atoms with E-state index in [1.165, 1.54) is 6.92 Å². The average Bonchev–Trinajstić information content (AvgIpc) is 3.03. The lowest BCUT2D eigenvalue weighted by Gasteiger charge is -2.57. The Morgan fingerprint density at radius 3 is 2.00 bits per heavy atom. The fraction of sp³-hybridized carbons (Fsp3) is 0.862. The Kier molecular flexibility index (Phi) is 11.4. The standard InChI is InChI=1S/C29H45BO20/c1-4-11(33)16-21(19(46-16)14(36)7-31)45-10(3)44-15(8-32)20-22-17(47-20)12(34)5-28(49-22,26(38)39)9(2)30(43)25(37)24-23-18(48-24)13(35)6-29(42,50-23)27(40)41/h9,11-25,31-37,42-43H,3-8H2,1-2H3,(H,38,39)(H,40,41)/t9?,11-,12-,13-,14-,15+,16?,17?,18?,19?,20?,21?,22?,23?,24?,25-,28+,29-/m1/s1. The third-order valence-corrected chi connectivity index (χ3v) is 10.4. The molecule has 5 saturated heterocycles. The summed E-state index contributed by atoms with van der Waals surface area (Å²) in [6.07, 6.45) is -18.3. The second kappa shape index (κ2) is 14.7. The van der Waals surface area contributed by atoms with Gasteiger partial charge in [-0.25, -0.2) is 9.59 Å². The highest BCUT2D eigenvalue weighted by molar-refractivity contribution is 6.54. The zero-order valence-electron chi connectivity index (χ0n) is 27.2. The van der Waals surface area contributed by atoms with E-state index in [-0.39, 0.29) is 6.42 Å². The lowest BCUT2D eigenvalue weighted by Crippen LogP contribution is -2.75.